The summed E-state index contributed by atoms with van der Waals surface area (Å²) in [5, 5.41) is 120. The van der Waals surface area contributed by atoms with E-state index in [-0.39, 0.29) is 18.9 Å². The molecule has 1 amide bonds. The third-order valence-corrected chi connectivity index (χ3v) is 13.8. The van der Waals surface area contributed by atoms with Gasteiger partial charge in [-0.3, -0.25) is 4.79 Å². The highest BCUT2D eigenvalue weighted by molar-refractivity contribution is 5.76. The number of hydrogen-bond acceptors (Lipinski definition) is 18. The van der Waals surface area contributed by atoms with Gasteiger partial charge in [-0.25, -0.2) is 0 Å². The van der Waals surface area contributed by atoms with Gasteiger partial charge in [0.25, 0.3) is 0 Å². The molecule has 3 rings (SSSR count). The van der Waals surface area contributed by atoms with E-state index in [4.69, 9.17) is 28.4 Å². The van der Waals surface area contributed by atoms with Crippen molar-refractivity contribution in [3.05, 3.63) is 85.1 Å². The molecule has 19 nitrogen and oxygen atoms in total. The van der Waals surface area contributed by atoms with E-state index in [0.29, 0.717) is 12.8 Å². The van der Waals surface area contributed by atoms with Gasteiger partial charge in [0.1, 0.15) is 73.2 Å². The predicted octanol–water partition coefficient (Wildman–Crippen LogP) is 4.03. The number of ether oxygens (including phenoxy) is 6. The second kappa shape index (κ2) is 41.0. The van der Waals surface area contributed by atoms with Crippen LogP contribution >= 0.6 is 0 Å². The van der Waals surface area contributed by atoms with E-state index in [1.165, 1.54) is 32.1 Å². The molecule has 19 heteroatoms. The zero-order valence-corrected chi connectivity index (χ0v) is 45.6. The molecule has 0 aromatic heterocycles. The molecular formula is C58H97NO18. The maximum absolute atomic E-state index is 13.3. The van der Waals surface area contributed by atoms with E-state index < -0.39 is 124 Å². The van der Waals surface area contributed by atoms with E-state index in [1.807, 2.05) is 13.0 Å². The maximum Gasteiger partial charge on any atom is 0.220 e. The summed E-state index contributed by atoms with van der Waals surface area (Å²) < 4.78 is 34.1. The van der Waals surface area contributed by atoms with Crippen LogP contribution in [0.4, 0.5) is 0 Å². The molecule has 0 bridgehead atoms. The Hall–Kier alpha value is -3.03. The first-order valence-electron chi connectivity index (χ1n) is 28.3. The Bertz CT molecular complexity index is 1740. The van der Waals surface area contributed by atoms with Gasteiger partial charge in [-0.05, 0) is 77.6 Å². The summed E-state index contributed by atoms with van der Waals surface area (Å²) in [6.07, 6.45) is 21.8. The number of allylic oxidation sites excluding steroid dienone is 13. The first-order chi connectivity index (χ1) is 37.3. The van der Waals surface area contributed by atoms with Gasteiger partial charge in [-0.1, -0.05) is 143 Å². The van der Waals surface area contributed by atoms with Crippen LogP contribution in [0.3, 0.4) is 0 Å². The first kappa shape index (κ1) is 68.2. The van der Waals surface area contributed by atoms with Crippen LogP contribution in [-0.2, 0) is 33.2 Å². The zero-order chi connectivity index (χ0) is 56.2. The molecule has 0 aromatic rings. The van der Waals surface area contributed by atoms with Crippen LogP contribution in [-0.4, -0.2) is 193 Å². The number of rotatable bonds is 39. The molecule has 3 aliphatic heterocycles. The summed E-state index contributed by atoms with van der Waals surface area (Å²) >= 11 is 0. The Balaban J connectivity index is 1.46. The molecule has 17 unspecified atom stereocenters. The van der Waals surface area contributed by atoms with Gasteiger partial charge in [-0.15, -0.1) is 0 Å². The highest BCUT2D eigenvalue weighted by atomic mass is 16.8. The molecule has 442 valence electrons. The fourth-order valence-electron chi connectivity index (χ4n) is 9.10. The molecule has 3 fully saturated rings. The second-order valence-electron chi connectivity index (χ2n) is 20.0. The summed E-state index contributed by atoms with van der Waals surface area (Å²) in [5.41, 5.74) is 0. The zero-order valence-electron chi connectivity index (χ0n) is 45.6. The Kier molecular flexibility index (Phi) is 36.4. The van der Waals surface area contributed by atoms with Gasteiger partial charge in [0.2, 0.25) is 5.91 Å². The lowest BCUT2D eigenvalue weighted by atomic mass is 9.96. The largest absolute Gasteiger partial charge is 0.394 e. The molecule has 0 saturated carbocycles. The molecular weight excluding hydrogens is 999 g/mol. The number of carbonyl (C=O) groups excluding carboxylic acids is 1. The van der Waals surface area contributed by atoms with Crippen molar-refractivity contribution in [3.8, 4) is 0 Å². The monoisotopic (exact) mass is 1100 g/mol. The topological polar surface area (TPSA) is 307 Å². The van der Waals surface area contributed by atoms with Crippen LogP contribution in [0.15, 0.2) is 85.1 Å². The van der Waals surface area contributed by atoms with E-state index >= 15 is 0 Å². The van der Waals surface area contributed by atoms with Gasteiger partial charge in [0.15, 0.2) is 18.9 Å². The van der Waals surface area contributed by atoms with E-state index in [2.05, 4.69) is 79.1 Å². The number of hydrogen-bond donors (Lipinski definition) is 12. The maximum atomic E-state index is 13.3. The molecule has 17 atom stereocenters. The Morgan fingerprint density at radius 2 is 0.922 bits per heavy atom. The average molecular weight is 1100 g/mol. The lowest BCUT2D eigenvalue weighted by Crippen LogP contribution is -2.66. The predicted molar refractivity (Wildman–Crippen MR) is 291 cm³/mol. The summed E-state index contributed by atoms with van der Waals surface area (Å²) in [5.74, 6) is -0.303. The van der Waals surface area contributed by atoms with Crippen molar-refractivity contribution < 1.29 is 89.4 Å². The van der Waals surface area contributed by atoms with E-state index in [0.717, 1.165) is 77.0 Å². The number of nitrogens with one attached hydrogen (secondary N) is 1. The van der Waals surface area contributed by atoms with Crippen molar-refractivity contribution in [1.29, 1.82) is 0 Å². The van der Waals surface area contributed by atoms with Crippen molar-refractivity contribution in [2.45, 2.75) is 247 Å². The number of unbranched alkanes of at least 4 members (excludes halogenated alkanes) is 12. The third kappa shape index (κ3) is 25.5. The van der Waals surface area contributed by atoms with Crippen molar-refractivity contribution >= 4 is 5.91 Å². The molecule has 12 N–H and O–H groups in total. The number of aliphatic hydroxyl groups excluding tert-OH is 11. The summed E-state index contributed by atoms with van der Waals surface area (Å²) in [4.78, 5) is 13.3. The molecule has 0 spiro atoms. The lowest BCUT2D eigenvalue weighted by Gasteiger charge is -2.48. The SMILES string of the molecule is C/C=C/CC/C=C/CC/C=C/C(O)C(COC1OC(CO)C(OC2OC(CO)C(OC3OC(CO)C(O)C(O)C3O)C(O)C2O)C(O)C1O)NC(=O)CCCCCCCCCCCC/C=C\C/C=C\C/C=C\C/C=C\CC. The Labute approximate surface area is 457 Å². The molecule has 3 saturated heterocycles. The smallest absolute Gasteiger partial charge is 0.220 e. The van der Waals surface area contributed by atoms with Crippen LogP contribution in [0.2, 0.25) is 0 Å². The van der Waals surface area contributed by atoms with Gasteiger partial charge < -0.3 is 89.9 Å². The molecule has 0 aromatic carbocycles. The van der Waals surface area contributed by atoms with Gasteiger partial charge >= 0.3 is 0 Å². The molecule has 77 heavy (non-hydrogen) atoms. The summed E-state index contributed by atoms with van der Waals surface area (Å²) in [6, 6.07) is -1.00. The minimum Gasteiger partial charge on any atom is -0.394 e. The quantitative estimate of drug-likeness (QED) is 0.0305. The van der Waals surface area contributed by atoms with Crippen molar-refractivity contribution in [1.82, 2.24) is 5.32 Å². The van der Waals surface area contributed by atoms with Crippen LogP contribution in [0.5, 0.6) is 0 Å². The van der Waals surface area contributed by atoms with Gasteiger partial charge in [-0.2, -0.15) is 0 Å². The fraction of sp³-hybridized carbons (Fsp3) is 0.741. The normalized spacial score (nSPS) is 31.4. The molecule has 3 aliphatic rings. The fourth-order valence-corrected chi connectivity index (χ4v) is 9.10. The number of amides is 1. The minimum absolute atomic E-state index is 0.221. The highest BCUT2D eigenvalue weighted by Gasteiger charge is 2.53. The van der Waals surface area contributed by atoms with E-state index in [1.54, 1.807) is 12.2 Å². The molecule has 0 aliphatic carbocycles. The number of carbonyl (C=O) groups is 1. The van der Waals surface area contributed by atoms with Crippen LogP contribution in [0.25, 0.3) is 0 Å². The van der Waals surface area contributed by atoms with Gasteiger partial charge in [0.05, 0.1) is 38.6 Å². The van der Waals surface area contributed by atoms with E-state index in [9.17, 15) is 61.0 Å². The Morgan fingerprint density at radius 1 is 0.494 bits per heavy atom. The van der Waals surface area contributed by atoms with Crippen molar-refractivity contribution in [2.24, 2.45) is 0 Å². The third-order valence-electron chi connectivity index (χ3n) is 13.8. The number of aliphatic hydroxyl groups is 11. The Morgan fingerprint density at radius 3 is 1.45 bits per heavy atom. The standard InChI is InChI=1S/C58H97NO18/c1-3-5-7-9-11-13-14-15-16-17-18-19-20-21-22-23-24-25-26-28-30-32-34-36-46(64)59-41(42(63)35-33-31-29-27-12-10-8-6-4-2)40-72-56-52(70)49(67)54(44(38-61)74-56)77-58-53(71)50(68)55(45(39-62)75-58)76-57-51(69)48(66)47(65)43(37-60)73-57/h4-7,11-13,15-16,18-19,27,33,35,41-45,47-58,60-63,65-71H,3,8-10,14,17,20-26,28-32,34,36-40H2,1-2H3,(H,59,64)/b6-4+,7-5-,13-11-,16-15-,19-18-,27-12+,35-33+. The van der Waals surface area contributed by atoms with Crippen LogP contribution < -0.4 is 5.32 Å². The lowest BCUT2D eigenvalue weighted by molar-refractivity contribution is -0.379. The van der Waals surface area contributed by atoms with Crippen LogP contribution in [0.1, 0.15) is 142 Å². The van der Waals surface area contributed by atoms with Crippen molar-refractivity contribution in [3.63, 3.8) is 0 Å². The van der Waals surface area contributed by atoms with Crippen molar-refractivity contribution in [2.75, 3.05) is 26.4 Å². The first-order valence-corrected chi connectivity index (χ1v) is 28.3. The second-order valence-corrected chi connectivity index (χ2v) is 20.0. The summed E-state index contributed by atoms with van der Waals surface area (Å²) in [7, 11) is 0. The van der Waals surface area contributed by atoms with Gasteiger partial charge in [0, 0.05) is 6.42 Å². The summed E-state index contributed by atoms with van der Waals surface area (Å²) in [6.45, 7) is 1.30. The van der Waals surface area contributed by atoms with Crippen LogP contribution in [0, 0.1) is 0 Å². The minimum atomic E-state index is -1.98. The molecule has 0 radical (unpaired) electrons. The molecule has 3 heterocycles. The highest BCUT2D eigenvalue weighted by Crippen LogP contribution is 2.33. The average Bonchev–Trinajstić information content (AvgIpc) is 3.43.